The molecule has 1 amide bonds. The normalized spacial score (nSPS) is 9.75. The van der Waals surface area contributed by atoms with E-state index in [4.69, 9.17) is 0 Å². The molecule has 0 radical (unpaired) electrons. The largest absolute Gasteiger partial charge is 0.468 e. The molecule has 7 nitrogen and oxygen atoms in total. The Morgan fingerprint density at radius 3 is 2.15 bits per heavy atom. The number of ether oxygens (including phenoxy) is 2. The third kappa shape index (κ3) is 4.04. The third-order valence-corrected chi connectivity index (χ3v) is 2.59. The van der Waals surface area contributed by atoms with E-state index in [2.05, 4.69) is 14.5 Å². The van der Waals surface area contributed by atoms with Crippen LogP contribution in [0.3, 0.4) is 0 Å². The summed E-state index contributed by atoms with van der Waals surface area (Å²) < 4.78 is 9.01. The van der Waals surface area contributed by atoms with E-state index in [9.17, 15) is 14.4 Å². The van der Waals surface area contributed by atoms with Crippen LogP contribution in [0, 0.1) is 6.92 Å². The fourth-order valence-corrected chi connectivity index (χ4v) is 1.50. The lowest BCUT2D eigenvalue weighted by atomic mass is 10.2. The first-order valence-electron chi connectivity index (χ1n) is 5.84. The molecule has 0 fully saturated rings. The summed E-state index contributed by atoms with van der Waals surface area (Å²) in [5.74, 6) is -1.79. The number of aromatic nitrogens is 1. The van der Waals surface area contributed by atoms with Crippen molar-refractivity contribution in [1.29, 1.82) is 0 Å². The zero-order valence-corrected chi connectivity index (χ0v) is 11.6. The van der Waals surface area contributed by atoms with Crippen molar-refractivity contribution < 1.29 is 23.9 Å². The van der Waals surface area contributed by atoms with Gasteiger partial charge in [0.25, 0.3) is 5.91 Å². The third-order valence-electron chi connectivity index (χ3n) is 2.59. The first-order chi connectivity index (χ1) is 9.49. The summed E-state index contributed by atoms with van der Waals surface area (Å²) in [6.07, 6.45) is 1.47. The van der Waals surface area contributed by atoms with Crippen LogP contribution in [0.5, 0.6) is 0 Å². The Balaban J connectivity index is 2.97. The molecule has 1 aromatic heterocycles. The number of pyridine rings is 1. The highest BCUT2D eigenvalue weighted by atomic mass is 16.5. The van der Waals surface area contributed by atoms with Crippen LogP contribution in [0.15, 0.2) is 18.3 Å². The number of methoxy groups -OCH3 is 2. The maximum atomic E-state index is 12.3. The molecule has 0 aliphatic heterocycles. The van der Waals surface area contributed by atoms with E-state index in [1.165, 1.54) is 20.4 Å². The molecule has 20 heavy (non-hydrogen) atoms. The summed E-state index contributed by atoms with van der Waals surface area (Å²) >= 11 is 0. The summed E-state index contributed by atoms with van der Waals surface area (Å²) in [5, 5.41) is 0. The molecular weight excluding hydrogens is 264 g/mol. The maximum absolute atomic E-state index is 12.3. The van der Waals surface area contributed by atoms with Gasteiger partial charge in [0.15, 0.2) is 0 Å². The molecule has 1 heterocycles. The molecular formula is C13H16N2O5. The molecule has 0 atom stereocenters. The summed E-state index contributed by atoms with van der Waals surface area (Å²) in [7, 11) is 2.41. The molecule has 0 spiro atoms. The molecule has 0 aliphatic rings. The highest BCUT2D eigenvalue weighted by Gasteiger charge is 2.24. The smallest absolute Gasteiger partial charge is 0.325 e. The van der Waals surface area contributed by atoms with Gasteiger partial charge in [0.05, 0.1) is 14.2 Å². The monoisotopic (exact) mass is 280 g/mol. The molecule has 1 aromatic rings. The van der Waals surface area contributed by atoms with Gasteiger partial charge >= 0.3 is 11.9 Å². The Kier molecular flexibility index (Phi) is 5.64. The predicted octanol–water partition coefficient (Wildman–Crippen LogP) is 0.178. The van der Waals surface area contributed by atoms with Gasteiger partial charge in [-0.2, -0.15) is 0 Å². The van der Waals surface area contributed by atoms with Gasteiger partial charge in [-0.1, -0.05) is 6.07 Å². The van der Waals surface area contributed by atoms with Crippen LogP contribution in [0.2, 0.25) is 0 Å². The van der Waals surface area contributed by atoms with E-state index >= 15 is 0 Å². The van der Waals surface area contributed by atoms with Crippen molar-refractivity contribution in [2.45, 2.75) is 6.92 Å². The van der Waals surface area contributed by atoms with E-state index in [1.807, 2.05) is 0 Å². The van der Waals surface area contributed by atoms with E-state index in [0.29, 0.717) is 5.56 Å². The quantitative estimate of drug-likeness (QED) is 0.715. The van der Waals surface area contributed by atoms with Crippen molar-refractivity contribution in [3.63, 3.8) is 0 Å². The van der Waals surface area contributed by atoms with Gasteiger partial charge in [0.1, 0.15) is 18.8 Å². The fourth-order valence-electron chi connectivity index (χ4n) is 1.50. The topological polar surface area (TPSA) is 85.8 Å². The Bertz CT molecular complexity index is 497. The molecule has 0 unspecified atom stereocenters. The van der Waals surface area contributed by atoms with Gasteiger partial charge < -0.3 is 14.4 Å². The summed E-state index contributed by atoms with van der Waals surface area (Å²) in [4.78, 5) is 40.0. The number of aryl methyl sites for hydroxylation is 1. The lowest BCUT2D eigenvalue weighted by Gasteiger charge is -2.20. The van der Waals surface area contributed by atoms with Gasteiger partial charge in [0.2, 0.25) is 0 Å². The molecule has 0 saturated heterocycles. The average Bonchev–Trinajstić information content (AvgIpc) is 2.45. The predicted molar refractivity (Wildman–Crippen MR) is 68.9 cm³/mol. The van der Waals surface area contributed by atoms with Crippen LogP contribution >= 0.6 is 0 Å². The van der Waals surface area contributed by atoms with E-state index in [1.54, 1.807) is 19.1 Å². The van der Waals surface area contributed by atoms with Crippen molar-refractivity contribution in [2.75, 3.05) is 27.3 Å². The van der Waals surface area contributed by atoms with Gasteiger partial charge in [0, 0.05) is 6.20 Å². The van der Waals surface area contributed by atoms with Crippen LogP contribution in [0.1, 0.15) is 16.1 Å². The molecule has 0 bridgehead atoms. The van der Waals surface area contributed by atoms with Crippen LogP contribution in [-0.4, -0.2) is 55.0 Å². The van der Waals surface area contributed by atoms with Gasteiger partial charge in [-0.15, -0.1) is 0 Å². The lowest BCUT2D eigenvalue weighted by molar-refractivity contribution is -0.144. The average molecular weight is 280 g/mol. The van der Waals surface area contributed by atoms with Crippen LogP contribution in [-0.2, 0) is 19.1 Å². The molecule has 108 valence electrons. The zero-order chi connectivity index (χ0) is 15.1. The molecule has 0 aromatic carbocycles. The molecule has 0 aliphatic carbocycles. The molecule has 0 saturated carbocycles. The second-order valence-corrected chi connectivity index (χ2v) is 3.98. The minimum atomic E-state index is -0.629. The van der Waals surface area contributed by atoms with Crippen LogP contribution < -0.4 is 0 Å². The van der Waals surface area contributed by atoms with Gasteiger partial charge in [-0.05, 0) is 18.6 Å². The number of hydrogen-bond donors (Lipinski definition) is 0. The Hall–Kier alpha value is -2.44. The molecule has 7 heteroatoms. The van der Waals surface area contributed by atoms with Crippen LogP contribution in [0.4, 0.5) is 0 Å². The SMILES string of the molecule is COC(=O)CN(CC(=O)OC)C(=O)c1ncccc1C. The van der Waals surface area contributed by atoms with Gasteiger partial charge in [-0.3, -0.25) is 19.4 Å². The highest BCUT2D eigenvalue weighted by Crippen LogP contribution is 2.08. The minimum absolute atomic E-state index is 0.181. The van der Waals surface area contributed by atoms with Crippen molar-refractivity contribution in [3.8, 4) is 0 Å². The van der Waals surface area contributed by atoms with E-state index in [0.717, 1.165) is 4.90 Å². The fraction of sp³-hybridized carbons (Fsp3) is 0.385. The summed E-state index contributed by atoms with van der Waals surface area (Å²) in [5.41, 5.74) is 0.831. The minimum Gasteiger partial charge on any atom is -0.468 e. The van der Waals surface area contributed by atoms with Crippen molar-refractivity contribution in [3.05, 3.63) is 29.6 Å². The number of esters is 2. The number of carbonyl (C=O) groups excluding carboxylic acids is 3. The van der Waals surface area contributed by atoms with Gasteiger partial charge in [-0.25, -0.2) is 0 Å². The van der Waals surface area contributed by atoms with Crippen molar-refractivity contribution in [2.24, 2.45) is 0 Å². The second kappa shape index (κ2) is 7.22. The van der Waals surface area contributed by atoms with E-state index < -0.39 is 17.8 Å². The maximum Gasteiger partial charge on any atom is 0.325 e. The summed E-state index contributed by atoms with van der Waals surface area (Å²) in [6.45, 7) is 1.02. The lowest BCUT2D eigenvalue weighted by Crippen LogP contribution is -2.40. The number of rotatable bonds is 5. The number of hydrogen-bond acceptors (Lipinski definition) is 6. The number of carbonyl (C=O) groups is 3. The highest BCUT2D eigenvalue weighted by molar-refractivity contribution is 5.97. The Morgan fingerprint density at radius 1 is 1.15 bits per heavy atom. The summed E-state index contributed by atoms with van der Waals surface area (Å²) in [6, 6.07) is 3.41. The zero-order valence-electron chi connectivity index (χ0n) is 11.6. The number of amides is 1. The number of nitrogens with zero attached hydrogens (tertiary/aromatic N) is 2. The van der Waals surface area contributed by atoms with Crippen molar-refractivity contribution >= 4 is 17.8 Å². The standard InChI is InChI=1S/C13H16N2O5/c1-9-5-4-6-14-12(9)13(18)15(7-10(16)19-2)8-11(17)20-3/h4-6H,7-8H2,1-3H3. The Labute approximate surface area is 116 Å². The van der Waals surface area contributed by atoms with E-state index in [-0.39, 0.29) is 18.8 Å². The Morgan fingerprint density at radius 2 is 1.70 bits per heavy atom. The molecule has 0 N–H and O–H groups in total. The van der Waals surface area contributed by atoms with Crippen molar-refractivity contribution in [1.82, 2.24) is 9.88 Å². The molecule has 1 rings (SSSR count). The first kappa shape index (κ1) is 15.6. The van der Waals surface area contributed by atoms with Crippen LogP contribution in [0.25, 0.3) is 0 Å². The first-order valence-corrected chi connectivity index (χ1v) is 5.84. The second-order valence-electron chi connectivity index (χ2n) is 3.98.